The topological polar surface area (TPSA) is 105 Å². The molecule has 0 aliphatic rings. The van der Waals surface area contributed by atoms with Crippen LogP contribution in [0.15, 0.2) is 18.2 Å². The average molecular weight is 197 g/mol. The number of nitrogens with one attached hydrogen (secondary N) is 1. The molecule has 7 N–H and O–H groups in total. The first-order chi connectivity index (χ1) is 6.67. The zero-order chi connectivity index (χ0) is 10.6. The first-order valence-electron chi connectivity index (χ1n) is 4.30. The quantitative estimate of drug-likeness (QED) is 0.423. The smallest absolute Gasteiger partial charge is 0.0723 e. The van der Waals surface area contributed by atoms with Crippen LogP contribution in [0.4, 0.5) is 17.1 Å². The van der Waals surface area contributed by atoms with E-state index in [0.29, 0.717) is 11.4 Å². The molecule has 14 heavy (non-hydrogen) atoms. The lowest BCUT2D eigenvalue weighted by Crippen LogP contribution is -2.27. The van der Waals surface area contributed by atoms with Gasteiger partial charge >= 0.3 is 0 Å². The Hall–Kier alpha value is -1.46. The van der Waals surface area contributed by atoms with Crippen molar-refractivity contribution in [1.29, 1.82) is 0 Å². The molecule has 5 heteroatoms. The summed E-state index contributed by atoms with van der Waals surface area (Å²) in [5, 5.41) is 20.6. The predicted octanol–water partition coefficient (Wildman–Crippen LogP) is -0.384. The molecule has 0 bridgehead atoms. The molecule has 5 nitrogen and oxygen atoms in total. The van der Waals surface area contributed by atoms with Gasteiger partial charge in [0.2, 0.25) is 0 Å². The van der Waals surface area contributed by atoms with E-state index in [2.05, 4.69) is 5.32 Å². The Kier molecular flexibility index (Phi) is 3.55. The number of hydrogen-bond acceptors (Lipinski definition) is 5. The van der Waals surface area contributed by atoms with Crippen LogP contribution in [0.5, 0.6) is 0 Å². The summed E-state index contributed by atoms with van der Waals surface area (Å²) in [5.74, 6) is 0. The predicted molar refractivity (Wildman–Crippen MR) is 56.8 cm³/mol. The Bertz CT molecular complexity index is 300. The second-order valence-corrected chi connectivity index (χ2v) is 3.05. The van der Waals surface area contributed by atoms with Gasteiger partial charge in [0.1, 0.15) is 0 Å². The standard InChI is InChI=1S/C9H15N3O2/c10-8-2-1-6(3-9(8)11)12-7(4-13)5-14/h1-3,7,12-14H,4-5,10-11H2. The molecule has 0 unspecified atom stereocenters. The first-order valence-corrected chi connectivity index (χ1v) is 4.30. The monoisotopic (exact) mass is 197 g/mol. The molecule has 0 radical (unpaired) electrons. The van der Waals surface area contributed by atoms with Crippen molar-refractivity contribution in [2.45, 2.75) is 6.04 Å². The molecule has 0 aliphatic carbocycles. The third-order valence-electron chi connectivity index (χ3n) is 1.90. The highest BCUT2D eigenvalue weighted by molar-refractivity contribution is 5.69. The van der Waals surface area contributed by atoms with Crippen molar-refractivity contribution in [3.63, 3.8) is 0 Å². The first kappa shape index (κ1) is 10.6. The number of rotatable bonds is 4. The van der Waals surface area contributed by atoms with E-state index < -0.39 is 0 Å². The van der Waals surface area contributed by atoms with Crippen LogP contribution in [-0.2, 0) is 0 Å². The third kappa shape index (κ3) is 2.51. The molecular formula is C9H15N3O2. The maximum Gasteiger partial charge on any atom is 0.0723 e. The number of benzene rings is 1. The van der Waals surface area contributed by atoms with E-state index >= 15 is 0 Å². The lowest BCUT2D eigenvalue weighted by atomic mass is 10.2. The highest BCUT2D eigenvalue weighted by Gasteiger charge is 2.05. The van der Waals surface area contributed by atoms with Gasteiger partial charge in [0.15, 0.2) is 0 Å². The van der Waals surface area contributed by atoms with Crippen LogP contribution >= 0.6 is 0 Å². The molecule has 1 aromatic carbocycles. The van der Waals surface area contributed by atoms with Crippen LogP contribution in [0, 0.1) is 0 Å². The number of hydrogen-bond donors (Lipinski definition) is 5. The second kappa shape index (κ2) is 4.69. The highest BCUT2D eigenvalue weighted by Crippen LogP contribution is 2.19. The van der Waals surface area contributed by atoms with Gasteiger partial charge < -0.3 is 27.0 Å². The number of aliphatic hydroxyl groups is 2. The summed E-state index contributed by atoms with van der Waals surface area (Å²) in [6.07, 6.45) is 0. The zero-order valence-electron chi connectivity index (χ0n) is 7.77. The summed E-state index contributed by atoms with van der Waals surface area (Å²) in [5.41, 5.74) is 12.8. The van der Waals surface area contributed by atoms with Gasteiger partial charge in [-0.1, -0.05) is 0 Å². The van der Waals surface area contributed by atoms with Gasteiger partial charge in [0.05, 0.1) is 30.6 Å². The SMILES string of the molecule is Nc1ccc(NC(CO)CO)cc1N. The maximum absolute atomic E-state index is 8.83. The van der Waals surface area contributed by atoms with Gasteiger partial charge in [0.25, 0.3) is 0 Å². The lowest BCUT2D eigenvalue weighted by molar-refractivity contribution is 0.204. The molecule has 0 saturated heterocycles. The van der Waals surface area contributed by atoms with Crippen molar-refractivity contribution in [3.05, 3.63) is 18.2 Å². The van der Waals surface area contributed by atoms with Gasteiger partial charge in [-0.15, -0.1) is 0 Å². The Morgan fingerprint density at radius 1 is 1.14 bits per heavy atom. The molecule has 1 aromatic rings. The summed E-state index contributed by atoms with van der Waals surface area (Å²) >= 11 is 0. The van der Waals surface area contributed by atoms with Gasteiger partial charge in [-0.3, -0.25) is 0 Å². The molecule has 78 valence electrons. The fraction of sp³-hybridized carbons (Fsp3) is 0.333. The van der Waals surface area contributed by atoms with Crippen LogP contribution < -0.4 is 16.8 Å². The highest BCUT2D eigenvalue weighted by atomic mass is 16.3. The number of nitrogen functional groups attached to an aromatic ring is 2. The molecule has 0 fully saturated rings. The van der Waals surface area contributed by atoms with E-state index in [1.807, 2.05) is 0 Å². The Morgan fingerprint density at radius 3 is 2.29 bits per heavy atom. The summed E-state index contributed by atoms with van der Waals surface area (Å²) in [6.45, 7) is -0.276. The van der Waals surface area contributed by atoms with E-state index in [0.717, 1.165) is 5.69 Å². The Balaban J connectivity index is 2.72. The lowest BCUT2D eigenvalue weighted by Gasteiger charge is -2.15. The van der Waals surface area contributed by atoms with Crippen LogP contribution in [0.1, 0.15) is 0 Å². The second-order valence-electron chi connectivity index (χ2n) is 3.05. The summed E-state index contributed by atoms with van der Waals surface area (Å²) in [6, 6.07) is 4.69. The minimum atomic E-state index is -0.377. The largest absolute Gasteiger partial charge is 0.397 e. The Morgan fingerprint density at radius 2 is 1.79 bits per heavy atom. The molecule has 0 aromatic heterocycles. The van der Waals surface area contributed by atoms with Crippen molar-refractivity contribution in [1.82, 2.24) is 0 Å². The van der Waals surface area contributed by atoms with Gasteiger partial charge in [-0.05, 0) is 18.2 Å². The molecule has 0 aliphatic heterocycles. The number of anilines is 3. The minimum Gasteiger partial charge on any atom is -0.397 e. The minimum absolute atomic E-state index is 0.138. The maximum atomic E-state index is 8.83. The summed E-state index contributed by atoms with van der Waals surface area (Å²) < 4.78 is 0. The van der Waals surface area contributed by atoms with Crippen molar-refractivity contribution < 1.29 is 10.2 Å². The number of aliphatic hydroxyl groups excluding tert-OH is 2. The van der Waals surface area contributed by atoms with E-state index in [9.17, 15) is 0 Å². The molecule has 0 saturated carbocycles. The van der Waals surface area contributed by atoms with E-state index in [1.165, 1.54) is 0 Å². The van der Waals surface area contributed by atoms with Crippen LogP contribution in [0.3, 0.4) is 0 Å². The van der Waals surface area contributed by atoms with Crippen LogP contribution in [-0.4, -0.2) is 29.5 Å². The summed E-state index contributed by atoms with van der Waals surface area (Å²) in [4.78, 5) is 0. The molecule has 0 atom stereocenters. The molecule has 1 rings (SSSR count). The molecule has 0 spiro atoms. The normalized spacial score (nSPS) is 10.5. The van der Waals surface area contributed by atoms with E-state index in [1.54, 1.807) is 18.2 Å². The van der Waals surface area contributed by atoms with E-state index in [4.69, 9.17) is 21.7 Å². The van der Waals surface area contributed by atoms with Crippen molar-refractivity contribution >= 4 is 17.1 Å². The van der Waals surface area contributed by atoms with Crippen LogP contribution in [0.25, 0.3) is 0 Å². The Labute approximate surface area is 82.3 Å². The van der Waals surface area contributed by atoms with Crippen molar-refractivity contribution in [2.24, 2.45) is 0 Å². The molecule has 0 heterocycles. The number of nitrogens with two attached hydrogens (primary N) is 2. The van der Waals surface area contributed by atoms with Crippen molar-refractivity contribution in [2.75, 3.05) is 30.0 Å². The van der Waals surface area contributed by atoms with Gasteiger partial charge in [0, 0.05) is 5.69 Å². The molecule has 0 amide bonds. The fourth-order valence-corrected chi connectivity index (χ4v) is 1.05. The average Bonchev–Trinajstić information content (AvgIpc) is 2.19. The molecular weight excluding hydrogens is 182 g/mol. The van der Waals surface area contributed by atoms with E-state index in [-0.39, 0.29) is 19.3 Å². The van der Waals surface area contributed by atoms with Gasteiger partial charge in [-0.2, -0.15) is 0 Å². The fourth-order valence-electron chi connectivity index (χ4n) is 1.05. The van der Waals surface area contributed by atoms with Crippen LogP contribution in [0.2, 0.25) is 0 Å². The third-order valence-corrected chi connectivity index (χ3v) is 1.90. The van der Waals surface area contributed by atoms with Crippen molar-refractivity contribution in [3.8, 4) is 0 Å². The van der Waals surface area contributed by atoms with Gasteiger partial charge in [-0.25, -0.2) is 0 Å². The summed E-state index contributed by atoms with van der Waals surface area (Å²) in [7, 11) is 0. The zero-order valence-corrected chi connectivity index (χ0v) is 7.77.